The highest BCUT2D eigenvalue weighted by Gasteiger charge is 2.18. The van der Waals surface area contributed by atoms with Gasteiger partial charge < -0.3 is 14.6 Å². The molecule has 1 aliphatic rings. The first kappa shape index (κ1) is 9.96. The fourth-order valence-corrected chi connectivity index (χ4v) is 1.07. The molecule has 1 saturated heterocycles. The van der Waals surface area contributed by atoms with Gasteiger partial charge in [0.05, 0.1) is 25.4 Å². The Kier molecular flexibility index (Phi) is 3.98. The topological polar surface area (TPSA) is 38.7 Å². The van der Waals surface area contributed by atoms with Gasteiger partial charge in [-0.05, 0) is 12.3 Å². The van der Waals surface area contributed by atoms with E-state index in [0.29, 0.717) is 13.2 Å². The molecule has 0 amide bonds. The number of rotatable bonds is 4. The molecule has 1 N–H and O–H groups in total. The monoisotopic (exact) mass is 174 g/mol. The number of aliphatic hydroxyl groups is 1. The summed E-state index contributed by atoms with van der Waals surface area (Å²) in [5, 5.41) is 9.42. The van der Waals surface area contributed by atoms with Gasteiger partial charge in [0.25, 0.3) is 0 Å². The zero-order valence-corrected chi connectivity index (χ0v) is 7.82. The number of ether oxygens (including phenoxy) is 2. The molecule has 1 heterocycles. The second kappa shape index (κ2) is 4.80. The third kappa shape index (κ3) is 3.09. The van der Waals surface area contributed by atoms with Crippen LogP contribution in [0.3, 0.4) is 0 Å². The minimum absolute atomic E-state index is 0.207. The van der Waals surface area contributed by atoms with Crippen LogP contribution in [0.1, 0.15) is 20.3 Å². The van der Waals surface area contributed by atoms with Gasteiger partial charge in [-0.2, -0.15) is 0 Å². The highest BCUT2D eigenvalue weighted by atomic mass is 16.5. The molecule has 2 atom stereocenters. The molecule has 12 heavy (non-hydrogen) atoms. The normalized spacial score (nSPS) is 26.5. The van der Waals surface area contributed by atoms with Crippen molar-refractivity contribution in [3.63, 3.8) is 0 Å². The molecule has 0 aromatic rings. The molecular weight excluding hydrogens is 156 g/mol. The summed E-state index contributed by atoms with van der Waals surface area (Å²) in [6.45, 7) is 5.89. The molecule has 72 valence electrons. The molecule has 0 bridgehead atoms. The average Bonchev–Trinajstić information content (AvgIpc) is 2.51. The van der Waals surface area contributed by atoms with Crippen molar-refractivity contribution in [2.45, 2.75) is 32.5 Å². The van der Waals surface area contributed by atoms with Gasteiger partial charge in [0.2, 0.25) is 0 Å². The molecular formula is C9H18O3. The van der Waals surface area contributed by atoms with Crippen LogP contribution in [0.15, 0.2) is 0 Å². The van der Waals surface area contributed by atoms with Crippen LogP contribution in [0, 0.1) is 5.92 Å². The van der Waals surface area contributed by atoms with Gasteiger partial charge in [0, 0.05) is 6.61 Å². The molecule has 0 aromatic heterocycles. The summed E-state index contributed by atoms with van der Waals surface area (Å²) in [7, 11) is 0. The SMILES string of the molecule is CC(C)C(O)COC1CCOC1. The smallest absolute Gasteiger partial charge is 0.0831 e. The van der Waals surface area contributed by atoms with Crippen LogP contribution in [0.2, 0.25) is 0 Å². The van der Waals surface area contributed by atoms with Crippen molar-refractivity contribution in [1.29, 1.82) is 0 Å². The van der Waals surface area contributed by atoms with Crippen molar-refractivity contribution in [1.82, 2.24) is 0 Å². The second-order valence-corrected chi connectivity index (χ2v) is 3.63. The van der Waals surface area contributed by atoms with Crippen molar-refractivity contribution in [3.05, 3.63) is 0 Å². The summed E-state index contributed by atoms with van der Waals surface area (Å²) < 4.78 is 10.6. The maximum atomic E-state index is 9.42. The van der Waals surface area contributed by atoms with E-state index in [1.165, 1.54) is 0 Å². The summed E-state index contributed by atoms with van der Waals surface area (Å²) in [5.74, 6) is 0.271. The maximum Gasteiger partial charge on any atom is 0.0831 e. The summed E-state index contributed by atoms with van der Waals surface area (Å²) in [6, 6.07) is 0. The molecule has 2 unspecified atom stereocenters. The van der Waals surface area contributed by atoms with E-state index in [1.54, 1.807) is 0 Å². The van der Waals surface area contributed by atoms with E-state index in [2.05, 4.69) is 0 Å². The molecule has 0 spiro atoms. The fraction of sp³-hybridized carbons (Fsp3) is 1.00. The van der Waals surface area contributed by atoms with Gasteiger partial charge in [-0.25, -0.2) is 0 Å². The first-order valence-corrected chi connectivity index (χ1v) is 4.57. The zero-order valence-electron chi connectivity index (χ0n) is 7.82. The van der Waals surface area contributed by atoms with Gasteiger partial charge in [-0.1, -0.05) is 13.8 Å². The maximum absolute atomic E-state index is 9.42. The lowest BCUT2D eigenvalue weighted by molar-refractivity contribution is -0.0273. The Bertz CT molecular complexity index is 117. The predicted molar refractivity (Wildman–Crippen MR) is 46.0 cm³/mol. The summed E-state index contributed by atoms with van der Waals surface area (Å²) in [4.78, 5) is 0. The average molecular weight is 174 g/mol. The van der Waals surface area contributed by atoms with E-state index < -0.39 is 0 Å². The van der Waals surface area contributed by atoms with E-state index in [9.17, 15) is 5.11 Å². The fourth-order valence-electron chi connectivity index (χ4n) is 1.07. The van der Waals surface area contributed by atoms with Crippen LogP contribution in [0.4, 0.5) is 0 Å². The zero-order chi connectivity index (χ0) is 8.97. The third-order valence-corrected chi connectivity index (χ3v) is 2.16. The standard InChI is InChI=1S/C9H18O3/c1-7(2)9(10)6-12-8-3-4-11-5-8/h7-10H,3-6H2,1-2H3. The van der Waals surface area contributed by atoms with Crippen LogP contribution in [0.5, 0.6) is 0 Å². The van der Waals surface area contributed by atoms with Crippen molar-refractivity contribution in [2.75, 3.05) is 19.8 Å². The Morgan fingerprint density at radius 3 is 2.83 bits per heavy atom. The highest BCUT2D eigenvalue weighted by Crippen LogP contribution is 2.10. The van der Waals surface area contributed by atoms with Crippen molar-refractivity contribution in [2.24, 2.45) is 5.92 Å². The van der Waals surface area contributed by atoms with Gasteiger partial charge in [-0.3, -0.25) is 0 Å². The Morgan fingerprint density at radius 1 is 1.58 bits per heavy atom. The minimum Gasteiger partial charge on any atom is -0.390 e. The highest BCUT2D eigenvalue weighted by molar-refractivity contribution is 4.65. The van der Waals surface area contributed by atoms with Crippen LogP contribution in [-0.2, 0) is 9.47 Å². The van der Waals surface area contributed by atoms with Crippen molar-refractivity contribution in [3.8, 4) is 0 Å². The number of hydrogen-bond donors (Lipinski definition) is 1. The Hall–Kier alpha value is -0.120. The molecule has 1 rings (SSSR count). The molecule has 0 saturated carbocycles. The lowest BCUT2D eigenvalue weighted by Gasteiger charge is -2.17. The summed E-state index contributed by atoms with van der Waals surface area (Å²) in [6.07, 6.45) is 0.828. The van der Waals surface area contributed by atoms with Crippen LogP contribution in [-0.4, -0.2) is 37.1 Å². The predicted octanol–water partition coefficient (Wildman–Crippen LogP) is 0.809. The van der Waals surface area contributed by atoms with E-state index >= 15 is 0 Å². The molecule has 0 radical (unpaired) electrons. The summed E-state index contributed by atoms with van der Waals surface area (Å²) >= 11 is 0. The summed E-state index contributed by atoms with van der Waals surface area (Å²) in [5.41, 5.74) is 0. The van der Waals surface area contributed by atoms with E-state index in [1.807, 2.05) is 13.8 Å². The number of aliphatic hydroxyl groups excluding tert-OH is 1. The van der Waals surface area contributed by atoms with Crippen molar-refractivity contribution < 1.29 is 14.6 Å². The number of hydrogen-bond acceptors (Lipinski definition) is 3. The molecule has 1 fully saturated rings. The van der Waals surface area contributed by atoms with E-state index in [-0.39, 0.29) is 18.1 Å². The van der Waals surface area contributed by atoms with Gasteiger partial charge in [0.1, 0.15) is 0 Å². The van der Waals surface area contributed by atoms with Crippen molar-refractivity contribution >= 4 is 0 Å². The van der Waals surface area contributed by atoms with Crippen LogP contribution < -0.4 is 0 Å². The lowest BCUT2D eigenvalue weighted by atomic mass is 10.1. The molecule has 1 aliphatic heterocycles. The van der Waals surface area contributed by atoms with Gasteiger partial charge in [-0.15, -0.1) is 0 Å². The van der Waals surface area contributed by atoms with E-state index in [4.69, 9.17) is 9.47 Å². The second-order valence-electron chi connectivity index (χ2n) is 3.63. The Balaban J connectivity index is 2.07. The minimum atomic E-state index is -0.342. The third-order valence-electron chi connectivity index (χ3n) is 2.16. The molecule has 0 aromatic carbocycles. The first-order valence-electron chi connectivity index (χ1n) is 4.57. The first-order chi connectivity index (χ1) is 5.70. The Morgan fingerprint density at radius 2 is 2.33 bits per heavy atom. The van der Waals surface area contributed by atoms with E-state index in [0.717, 1.165) is 13.0 Å². The van der Waals surface area contributed by atoms with Crippen LogP contribution in [0.25, 0.3) is 0 Å². The quantitative estimate of drug-likeness (QED) is 0.685. The van der Waals surface area contributed by atoms with Gasteiger partial charge >= 0.3 is 0 Å². The van der Waals surface area contributed by atoms with Crippen LogP contribution >= 0.6 is 0 Å². The Labute approximate surface area is 73.7 Å². The molecule has 0 aliphatic carbocycles. The lowest BCUT2D eigenvalue weighted by Crippen LogP contribution is -2.25. The van der Waals surface area contributed by atoms with Gasteiger partial charge in [0.15, 0.2) is 0 Å². The molecule has 3 nitrogen and oxygen atoms in total. The molecule has 3 heteroatoms. The largest absolute Gasteiger partial charge is 0.390 e.